The molecule has 0 spiro atoms. The van der Waals surface area contributed by atoms with Gasteiger partial charge in [-0.05, 0) is 30.0 Å². The Morgan fingerprint density at radius 2 is 2.05 bits per heavy atom. The lowest BCUT2D eigenvalue weighted by atomic mass is 10.0. The van der Waals surface area contributed by atoms with Gasteiger partial charge in [-0.2, -0.15) is 0 Å². The summed E-state index contributed by atoms with van der Waals surface area (Å²) < 4.78 is 13.0. The maximum atomic E-state index is 13.0. The summed E-state index contributed by atoms with van der Waals surface area (Å²) in [4.78, 5) is 22.7. The summed E-state index contributed by atoms with van der Waals surface area (Å²) >= 11 is 5.63. The minimum atomic E-state index is -1.08. The molecule has 0 unspecified atom stereocenters. The second-order valence-corrected chi connectivity index (χ2v) is 5.50. The lowest BCUT2D eigenvalue weighted by Crippen LogP contribution is -2.46. The van der Waals surface area contributed by atoms with Crippen LogP contribution in [0.15, 0.2) is 18.2 Å². The molecule has 0 aliphatic heterocycles. The van der Waals surface area contributed by atoms with Gasteiger partial charge in [-0.3, -0.25) is 0 Å². The lowest BCUT2D eigenvalue weighted by molar-refractivity contribution is -0.139. The topological polar surface area (TPSA) is 78.4 Å². The molecule has 1 aromatic rings. The van der Waals surface area contributed by atoms with E-state index >= 15 is 0 Å². The van der Waals surface area contributed by atoms with E-state index in [1.165, 1.54) is 18.2 Å². The Morgan fingerprint density at radius 1 is 1.38 bits per heavy atom. The van der Waals surface area contributed by atoms with Gasteiger partial charge in [-0.25, -0.2) is 14.0 Å². The van der Waals surface area contributed by atoms with Crippen molar-refractivity contribution in [2.24, 2.45) is 5.92 Å². The molecular formula is C14H18ClFN2O3. The van der Waals surface area contributed by atoms with E-state index in [9.17, 15) is 14.0 Å². The number of urea groups is 1. The summed E-state index contributed by atoms with van der Waals surface area (Å²) in [5, 5.41) is 13.9. The third-order valence-corrected chi connectivity index (χ3v) is 3.04. The number of halogens is 2. The predicted molar refractivity (Wildman–Crippen MR) is 77.7 cm³/mol. The molecule has 0 aliphatic carbocycles. The number of hydrogen-bond acceptors (Lipinski definition) is 2. The summed E-state index contributed by atoms with van der Waals surface area (Å²) in [6.07, 6.45) is 0.338. The van der Waals surface area contributed by atoms with Crippen molar-refractivity contribution < 1.29 is 19.1 Å². The van der Waals surface area contributed by atoms with Crippen molar-refractivity contribution >= 4 is 23.6 Å². The first-order valence-electron chi connectivity index (χ1n) is 6.50. The molecule has 116 valence electrons. The van der Waals surface area contributed by atoms with Gasteiger partial charge in [-0.15, -0.1) is 0 Å². The van der Waals surface area contributed by atoms with Gasteiger partial charge in [0, 0.05) is 6.54 Å². The fourth-order valence-electron chi connectivity index (χ4n) is 1.73. The van der Waals surface area contributed by atoms with Crippen LogP contribution in [-0.4, -0.2) is 23.1 Å². The number of carboxylic acid groups (broad SMARTS) is 1. The molecule has 1 rings (SSSR count). The highest BCUT2D eigenvalue weighted by molar-refractivity contribution is 6.30. The van der Waals surface area contributed by atoms with Gasteiger partial charge in [-0.1, -0.05) is 31.5 Å². The Balaban J connectivity index is 2.52. The summed E-state index contributed by atoms with van der Waals surface area (Å²) in [6.45, 7) is 3.87. The number of hydrogen-bond donors (Lipinski definition) is 3. The van der Waals surface area contributed by atoms with E-state index in [-0.39, 0.29) is 17.5 Å². The minimum Gasteiger partial charge on any atom is -0.480 e. The lowest BCUT2D eigenvalue weighted by Gasteiger charge is -2.17. The first kappa shape index (κ1) is 17.2. The molecule has 0 saturated heterocycles. The third kappa shape index (κ3) is 5.99. The van der Waals surface area contributed by atoms with Crippen molar-refractivity contribution in [3.8, 4) is 0 Å². The summed E-state index contributed by atoms with van der Waals surface area (Å²) in [6, 6.07) is 2.56. The SMILES string of the molecule is CC(C)C[C@@H](NC(=O)NCc1ccc(F)c(Cl)c1)C(=O)O. The molecule has 5 nitrogen and oxygen atoms in total. The number of carboxylic acids is 1. The van der Waals surface area contributed by atoms with Crippen LogP contribution in [0.4, 0.5) is 9.18 Å². The van der Waals surface area contributed by atoms with Crippen LogP contribution in [-0.2, 0) is 11.3 Å². The van der Waals surface area contributed by atoms with E-state index in [1.54, 1.807) is 0 Å². The van der Waals surface area contributed by atoms with E-state index in [1.807, 2.05) is 13.8 Å². The standard InChI is InChI=1S/C14H18ClFN2O3/c1-8(2)5-12(13(19)20)18-14(21)17-7-9-3-4-11(16)10(15)6-9/h3-4,6,8,12H,5,7H2,1-2H3,(H,19,20)(H2,17,18,21)/t12-/m1/s1. The van der Waals surface area contributed by atoms with Gasteiger partial charge in [0.1, 0.15) is 11.9 Å². The van der Waals surface area contributed by atoms with Crippen LogP contribution in [0, 0.1) is 11.7 Å². The van der Waals surface area contributed by atoms with Crippen LogP contribution in [0.3, 0.4) is 0 Å². The monoisotopic (exact) mass is 316 g/mol. The third-order valence-electron chi connectivity index (χ3n) is 2.75. The number of carbonyl (C=O) groups excluding carboxylic acids is 1. The highest BCUT2D eigenvalue weighted by Gasteiger charge is 2.20. The summed E-state index contributed by atoms with van der Waals surface area (Å²) in [7, 11) is 0. The number of aliphatic carboxylic acids is 1. The second-order valence-electron chi connectivity index (χ2n) is 5.10. The quantitative estimate of drug-likeness (QED) is 0.755. The molecule has 0 bridgehead atoms. The molecule has 0 heterocycles. The maximum Gasteiger partial charge on any atom is 0.326 e. The van der Waals surface area contributed by atoms with Gasteiger partial charge in [0.2, 0.25) is 0 Å². The predicted octanol–water partition coefficient (Wildman–Crippen LogP) is 2.78. The van der Waals surface area contributed by atoms with Crippen LogP contribution in [0.2, 0.25) is 5.02 Å². The summed E-state index contributed by atoms with van der Waals surface area (Å²) in [5.41, 5.74) is 0.618. The molecule has 7 heteroatoms. The molecule has 0 fully saturated rings. The zero-order valence-electron chi connectivity index (χ0n) is 11.8. The first-order chi connectivity index (χ1) is 9.79. The normalized spacial score (nSPS) is 12.0. The van der Waals surface area contributed by atoms with Gasteiger partial charge < -0.3 is 15.7 Å². The molecule has 0 aliphatic rings. The molecular weight excluding hydrogens is 299 g/mol. The molecule has 0 radical (unpaired) electrons. The van der Waals surface area contributed by atoms with Crippen molar-refractivity contribution in [2.45, 2.75) is 32.9 Å². The number of carbonyl (C=O) groups is 2. The number of amides is 2. The maximum absolute atomic E-state index is 13.0. The fraction of sp³-hybridized carbons (Fsp3) is 0.429. The molecule has 1 aromatic carbocycles. The van der Waals surface area contributed by atoms with E-state index < -0.39 is 23.9 Å². The molecule has 0 saturated carbocycles. The van der Waals surface area contributed by atoms with E-state index in [0.29, 0.717) is 12.0 Å². The van der Waals surface area contributed by atoms with E-state index in [0.717, 1.165) is 0 Å². The largest absolute Gasteiger partial charge is 0.480 e. The summed E-state index contributed by atoms with van der Waals surface area (Å²) in [5.74, 6) is -1.47. The van der Waals surface area contributed by atoms with Crippen molar-refractivity contribution in [2.75, 3.05) is 0 Å². The Bertz CT molecular complexity index is 523. The fourth-order valence-corrected chi connectivity index (χ4v) is 1.94. The molecule has 2 amide bonds. The Hall–Kier alpha value is -1.82. The first-order valence-corrected chi connectivity index (χ1v) is 6.88. The minimum absolute atomic E-state index is 0.0297. The molecule has 21 heavy (non-hydrogen) atoms. The van der Waals surface area contributed by atoms with E-state index in [2.05, 4.69) is 10.6 Å². The van der Waals surface area contributed by atoms with Gasteiger partial charge in [0.05, 0.1) is 5.02 Å². The second kappa shape index (κ2) is 7.83. The highest BCUT2D eigenvalue weighted by Crippen LogP contribution is 2.15. The zero-order valence-corrected chi connectivity index (χ0v) is 12.6. The molecule has 3 N–H and O–H groups in total. The zero-order chi connectivity index (χ0) is 16.0. The van der Waals surface area contributed by atoms with Crippen LogP contribution >= 0.6 is 11.6 Å². The van der Waals surface area contributed by atoms with Crippen LogP contribution in [0.1, 0.15) is 25.8 Å². The van der Waals surface area contributed by atoms with Crippen molar-refractivity contribution in [1.29, 1.82) is 0 Å². The highest BCUT2D eigenvalue weighted by atomic mass is 35.5. The smallest absolute Gasteiger partial charge is 0.326 e. The Morgan fingerprint density at radius 3 is 2.57 bits per heavy atom. The number of benzene rings is 1. The average molecular weight is 317 g/mol. The van der Waals surface area contributed by atoms with Crippen LogP contribution in [0.5, 0.6) is 0 Å². The van der Waals surface area contributed by atoms with Crippen molar-refractivity contribution in [3.05, 3.63) is 34.6 Å². The van der Waals surface area contributed by atoms with Crippen LogP contribution in [0.25, 0.3) is 0 Å². The average Bonchev–Trinajstić information content (AvgIpc) is 2.38. The Kier molecular flexibility index (Phi) is 6.42. The van der Waals surface area contributed by atoms with Gasteiger partial charge >= 0.3 is 12.0 Å². The molecule has 0 aromatic heterocycles. The molecule has 1 atom stereocenters. The van der Waals surface area contributed by atoms with E-state index in [4.69, 9.17) is 16.7 Å². The Labute approximate surface area is 127 Å². The van der Waals surface area contributed by atoms with Crippen molar-refractivity contribution in [1.82, 2.24) is 10.6 Å². The van der Waals surface area contributed by atoms with Crippen LogP contribution < -0.4 is 10.6 Å². The van der Waals surface area contributed by atoms with Crippen molar-refractivity contribution in [3.63, 3.8) is 0 Å². The number of nitrogens with one attached hydrogen (secondary N) is 2. The van der Waals surface area contributed by atoms with Gasteiger partial charge in [0.25, 0.3) is 0 Å². The number of rotatable bonds is 6. The van der Waals surface area contributed by atoms with Gasteiger partial charge in [0.15, 0.2) is 0 Å².